The molecule has 7 heteroatoms. The molecular weight excluding hydrogens is 280 g/mol. The smallest absolute Gasteiger partial charge is 0.306 e. The summed E-state index contributed by atoms with van der Waals surface area (Å²) in [4.78, 5) is 15.6. The first-order valence-electron chi connectivity index (χ1n) is 6.31. The van der Waals surface area contributed by atoms with Crippen LogP contribution >= 0.6 is 11.8 Å². The minimum absolute atomic E-state index is 0.137. The molecule has 108 valence electrons. The van der Waals surface area contributed by atoms with E-state index in [-0.39, 0.29) is 11.2 Å². The number of hydrogen-bond donors (Lipinski definition) is 0. The van der Waals surface area contributed by atoms with Gasteiger partial charge < -0.3 is 13.7 Å². The Kier molecular flexibility index (Phi) is 5.23. The van der Waals surface area contributed by atoms with Gasteiger partial charge in [-0.1, -0.05) is 12.1 Å². The van der Waals surface area contributed by atoms with Gasteiger partial charge in [-0.25, -0.2) is 0 Å². The van der Waals surface area contributed by atoms with E-state index >= 15 is 0 Å². The van der Waals surface area contributed by atoms with Crippen molar-refractivity contribution in [3.05, 3.63) is 24.5 Å². The van der Waals surface area contributed by atoms with Crippen LogP contribution in [0.4, 0.5) is 0 Å². The molecule has 0 saturated heterocycles. The van der Waals surface area contributed by atoms with Crippen molar-refractivity contribution in [3.8, 4) is 11.4 Å². The second-order valence-electron chi connectivity index (χ2n) is 4.15. The number of hydrogen-bond acceptors (Lipinski definition) is 7. The highest BCUT2D eigenvalue weighted by atomic mass is 32.2. The fourth-order valence-corrected chi connectivity index (χ4v) is 2.35. The molecule has 0 fully saturated rings. The summed E-state index contributed by atoms with van der Waals surface area (Å²) in [6, 6.07) is 1.77. The molecule has 0 spiro atoms. The first-order valence-corrected chi connectivity index (χ1v) is 7.36. The molecule has 0 amide bonds. The standard InChI is InChI=1S/C13H16N2O4S/c1-3-18-12(16)6-9(2)20-8-11-14-13(15-19-11)10-4-5-17-7-10/h4-5,7,9H,3,6,8H2,1-2H3/t9-/m1/s1. The molecule has 0 radical (unpaired) electrons. The molecule has 0 aliphatic heterocycles. The summed E-state index contributed by atoms with van der Waals surface area (Å²) in [6.07, 6.45) is 3.49. The largest absolute Gasteiger partial charge is 0.472 e. The van der Waals surface area contributed by atoms with Crippen LogP contribution < -0.4 is 0 Å². The molecule has 0 aromatic carbocycles. The highest BCUT2D eigenvalue weighted by molar-refractivity contribution is 7.99. The summed E-state index contributed by atoms with van der Waals surface area (Å²) in [6.45, 7) is 4.18. The number of nitrogens with zero attached hydrogens (tertiary/aromatic N) is 2. The molecule has 0 aliphatic carbocycles. The van der Waals surface area contributed by atoms with Gasteiger partial charge in [-0.2, -0.15) is 4.98 Å². The van der Waals surface area contributed by atoms with Crippen LogP contribution in [-0.4, -0.2) is 28.0 Å². The normalized spacial score (nSPS) is 12.3. The Morgan fingerprint density at radius 3 is 3.10 bits per heavy atom. The van der Waals surface area contributed by atoms with Crippen molar-refractivity contribution in [1.82, 2.24) is 10.1 Å². The lowest BCUT2D eigenvalue weighted by Gasteiger charge is -2.08. The van der Waals surface area contributed by atoms with Crippen molar-refractivity contribution in [3.63, 3.8) is 0 Å². The van der Waals surface area contributed by atoms with Gasteiger partial charge in [0.1, 0.15) is 6.26 Å². The number of ether oxygens (including phenoxy) is 1. The molecule has 1 atom stereocenters. The summed E-state index contributed by atoms with van der Waals surface area (Å²) >= 11 is 1.57. The fourth-order valence-electron chi connectivity index (χ4n) is 1.55. The van der Waals surface area contributed by atoms with Crippen LogP contribution in [0.15, 0.2) is 27.5 Å². The van der Waals surface area contributed by atoms with Crippen LogP contribution in [-0.2, 0) is 15.3 Å². The Hall–Kier alpha value is -1.76. The van der Waals surface area contributed by atoms with Gasteiger partial charge in [-0.05, 0) is 13.0 Å². The molecule has 0 unspecified atom stereocenters. The molecule has 0 N–H and O–H groups in total. The van der Waals surface area contributed by atoms with E-state index in [0.717, 1.165) is 5.56 Å². The molecule has 20 heavy (non-hydrogen) atoms. The lowest BCUT2D eigenvalue weighted by Crippen LogP contribution is -2.10. The summed E-state index contributed by atoms with van der Waals surface area (Å²) in [5.41, 5.74) is 0.782. The number of furan rings is 1. The molecule has 0 saturated carbocycles. The van der Waals surface area contributed by atoms with Gasteiger partial charge in [-0.15, -0.1) is 11.8 Å². The Morgan fingerprint density at radius 2 is 2.40 bits per heavy atom. The summed E-state index contributed by atoms with van der Waals surface area (Å²) in [5, 5.41) is 4.01. The van der Waals surface area contributed by atoms with Gasteiger partial charge in [0, 0.05) is 5.25 Å². The van der Waals surface area contributed by atoms with Crippen LogP contribution in [0.1, 0.15) is 26.2 Å². The summed E-state index contributed by atoms with van der Waals surface area (Å²) in [5.74, 6) is 1.41. The molecule has 0 bridgehead atoms. The topological polar surface area (TPSA) is 78.4 Å². The van der Waals surface area contributed by atoms with Crippen molar-refractivity contribution in [2.75, 3.05) is 6.61 Å². The average Bonchev–Trinajstić information content (AvgIpc) is 3.07. The highest BCUT2D eigenvalue weighted by Gasteiger charge is 2.14. The molecule has 0 aliphatic rings. The third-order valence-electron chi connectivity index (χ3n) is 2.50. The average molecular weight is 296 g/mol. The predicted molar refractivity (Wildman–Crippen MR) is 74.0 cm³/mol. The molecule has 2 aromatic rings. The lowest BCUT2D eigenvalue weighted by atomic mass is 10.3. The van der Waals surface area contributed by atoms with Gasteiger partial charge in [0.25, 0.3) is 0 Å². The monoisotopic (exact) mass is 296 g/mol. The van der Waals surface area contributed by atoms with Gasteiger partial charge in [0.05, 0.1) is 30.6 Å². The van der Waals surface area contributed by atoms with Crippen LogP contribution in [0.25, 0.3) is 11.4 Å². The zero-order valence-corrected chi connectivity index (χ0v) is 12.2. The van der Waals surface area contributed by atoms with Gasteiger partial charge in [0.15, 0.2) is 0 Å². The molecule has 2 aromatic heterocycles. The zero-order chi connectivity index (χ0) is 14.4. The number of aromatic nitrogens is 2. The second-order valence-corrected chi connectivity index (χ2v) is 5.58. The van der Waals surface area contributed by atoms with Crippen LogP contribution in [0.2, 0.25) is 0 Å². The first kappa shape index (κ1) is 14.6. The number of carbonyl (C=O) groups excluding carboxylic acids is 1. The third-order valence-corrected chi connectivity index (χ3v) is 3.65. The van der Waals surface area contributed by atoms with E-state index in [9.17, 15) is 4.79 Å². The minimum Gasteiger partial charge on any atom is -0.472 e. The van der Waals surface area contributed by atoms with Crippen LogP contribution in [0.5, 0.6) is 0 Å². The van der Waals surface area contributed by atoms with E-state index in [1.165, 1.54) is 0 Å². The Bertz CT molecular complexity index is 538. The fraction of sp³-hybridized carbons (Fsp3) is 0.462. The van der Waals surface area contributed by atoms with Crippen molar-refractivity contribution in [2.45, 2.75) is 31.3 Å². The maximum absolute atomic E-state index is 11.3. The van der Waals surface area contributed by atoms with E-state index < -0.39 is 0 Å². The van der Waals surface area contributed by atoms with Crippen LogP contribution in [0, 0.1) is 0 Å². The maximum atomic E-state index is 11.3. The van der Waals surface area contributed by atoms with Crippen molar-refractivity contribution in [2.24, 2.45) is 0 Å². The Morgan fingerprint density at radius 1 is 1.55 bits per heavy atom. The van der Waals surface area contributed by atoms with Crippen molar-refractivity contribution >= 4 is 17.7 Å². The number of esters is 1. The molecule has 2 heterocycles. The number of carbonyl (C=O) groups is 1. The summed E-state index contributed by atoms with van der Waals surface area (Å²) in [7, 11) is 0. The van der Waals surface area contributed by atoms with E-state index in [1.54, 1.807) is 37.3 Å². The number of rotatable bonds is 7. The van der Waals surface area contributed by atoms with Gasteiger partial charge in [-0.3, -0.25) is 4.79 Å². The van der Waals surface area contributed by atoms with E-state index in [1.807, 2.05) is 6.92 Å². The third kappa shape index (κ3) is 4.12. The van der Waals surface area contributed by atoms with E-state index in [0.29, 0.717) is 30.5 Å². The second kappa shape index (κ2) is 7.14. The SMILES string of the molecule is CCOC(=O)C[C@@H](C)SCc1nc(-c2ccoc2)no1. The molecular formula is C13H16N2O4S. The van der Waals surface area contributed by atoms with Crippen molar-refractivity contribution in [1.29, 1.82) is 0 Å². The van der Waals surface area contributed by atoms with Gasteiger partial charge in [0.2, 0.25) is 11.7 Å². The highest BCUT2D eigenvalue weighted by Crippen LogP contribution is 2.22. The predicted octanol–water partition coefficient (Wildman–Crippen LogP) is 2.90. The molecule has 2 rings (SSSR count). The number of thioether (sulfide) groups is 1. The lowest BCUT2D eigenvalue weighted by molar-refractivity contribution is -0.142. The Balaban J connectivity index is 1.81. The zero-order valence-electron chi connectivity index (χ0n) is 11.4. The maximum Gasteiger partial charge on any atom is 0.306 e. The van der Waals surface area contributed by atoms with Gasteiger partial charge >= 0.3 is 5.97 Å². The van der Waals surface area contributed by atoms with Crippen LogP contribution in [0.3, 0.4) is 0 Å². The van der Waals surface area contributed by atoms with Crippen molar-refractivity contribution < 1.29 is 18.5 Å². The minimum atomic E-state index is -0.183. The van der Waals surface area contributed by atoms with E-state index in [4.69, 9.17) is 13.7 Å². The van der Waals surface area contributed by atoms with E-state index in [2.05, 4.69) is 10.1 Å². The summed E-state index contributed by atoms with van der Waals surface area (Å²) < 4.78 is 15.0. The molecule has 6 nitrogen and oxygen atoms in total. The quantitative estimate of drug-likeness (QED) is 0.727. The first-order chi connectivity index (χ1) is 9.69. The Labute approximate surface area is 120 Å².